The number of rotatable bonds is 7. The number of hydrogen-bond donors (Lipinski definition) is 1. The number of benzene rings is 3. The number of aromatic nitrogens is 4. The third kappa shape index (κ3) is 5.03. The monoisotopic (exact) mass is 539 g/mol. The van der Waals surface area contributed by atoms with Gasteiger partial charge in [-0.1, -0.05) is 59.3 Å². The minimum absolute atomic E-state index is 0.0000398. The molecule has 2 aromatic heterocycles. The number of anilines is 1. The van der Waals surface area contributed by atoms with E-state index in [1.807, 2.05) is 42.5 Å². The Morgan fingerprint density at radius 2 is 1.72 bits per heavy atom. The van der Waals surface area contributed by atoms with E-state index in [4.69, 9.17) is 16.3 Å². The van der Waals surface area contributed by atoms with Gasteiger partial charge in [-0.15, -0.1) is 10.2 Å². The molecule has 0 bridgehead atoms. The summed E-state index contributed by atoms with van der Waals surface area (Å²) in [5.41, 5.74) is 4.65. The average Bonchev–Trinajstić information content (AvgIpc) is 3.39. The maximum atomic E-state index is 15.0. The Balaban J connectivity index is 1.52. The van der Waals surface area contributed by atoms with E-state index in [2.05, 4.69) is 25.1 Å². The lowest BCUT2D eigenvalue weighted by Gasteiger charge is -2.15. The quantitative estimate of drug-likeness (QED) is 0.268. The number of sulfonamides is 1. The molecule has 0 amide bonds. The van der Waals surface area contributed by atoms with Crippen LogP contribution in [0.15, 0.2) is 89.5 Å². The van der Waals surface area contributed by atoms with Crippen molar-refractivity contribution in [1.29, 1.82) is 0 Å². The Labute approximate surface area is 214 Å². The summed E-state index contributed by atoms with van der Waals surface area (Å²) in [6.45, 7) is 0. The van der Waals surface area contributed by atoms with Gasteiger partial charge in [-0.2, -0.15) is 10.2 Å². The molecule has 36 heavy (non-hydrogen) atoms. The molecule has 0 aliphatic carbocycles. The second-order valence-electron chi connectivity index (χ2n) is 7.37. The summed E-state index contributed by atoms with van der Waals surface area (Å²) in [6.07, 6.45) is 3.12. The van der Waals surface area contributed by atoms with Gasteiger partial charge in [-0.3, -0.25) is 4.72 Å². The molecular formula is C24H15ClFN5O3S2. The number of nitrogens with one attached hydrogen (secondary N) is 1. The van der Waals surface area contributed by atoms with Gasteiger partial charge in [-0.05, 0) is 35.4 Å². The third-order valence-electron chi connectivity index (χ3n) is 5.06. The highest BCUT2D eigenvalue weighted by molar-refractivity contribution is 7.93. The van der Waals surface area contributed by atoms with E-state index >= 15 is 0 Å². The molecule has 0 aliphatic heterocycles. The molecule has 0 saturated heterocycles. The van der Waals surface area contributed by atoms with Gasteiger partial charge in [0, 0.05) is 17.2 Å². The van der Waals surface area contributed by atoms with Crippen molar-refractivity contribution >= 4 is 38.1 Å². The lowest BCUT2D eigenvalue weighted by atomic mass is 9.99. The Morgan fingerprint density at radius 1 is 0.889 bits per heavy atom. The van der Waals surface area contributed by atoms with Crippen LogP contribution in [0.5, 0.6) is 11.5 Å². The third-order valence-corrected chi connectivity index (χ3v) is 7.44. The zero-order valence-corrected chi connectivity index (χ0v) is 20.6. The molecule has 0 unspecified atom stereocenters. The number of halogens is 2. The normalized spacial score (nSPS) is 11.3. The summed E-state index contributed by atoms with van der Waals surface area (Å²) in [4.78, 5) is -0.645. The number of hydrogen-bond acceptors (Lipinski definition) is 8. The first kappa shape index (κ1) is 23.8. The summed E-state index contributed by atoms with van der Waals surface area (Å²) in [5.74, 6) is -0.731. The molecule has 5 rings (SSSR count). The summed E-state index contributed by atoms with van der Waals surface area (Å²) in [5, 5.41) is 14.8. The van der Waals surface area contributed by atoms with Crippen molar-refractivity contribution < 1.29 is 17.5 Å². The first-order valence-electron chi connectivity index (χ1n) is 10.3. The van der Waals surface area contributed by atoms with E-state index in [-0.39, 0.29) is 15.9 Å². The molecule has 0 fully saturated rings. The van der Waals surface area contributed by atoms with Crippen LogP contribution in [0.4, 0.5) is 9.52 Å². The fourth-order valence-electron chi connectivity index (χ4n) is 3.41. The topological polar surface area (TPSA) is 107 Å². The molecule has 180 valence electrons. The molecular weight excluding hydrogens is 525 g/mol. The van der Waals surface area contributed by atoms with Crippen molar-refractivity contribution in [3.8, 4) is 33.8 Å². The first-order valence-corrected chi connectivity index (χ1v) is 13.1. The summed E-state index contributed by atoms with van der Waals surface area (Å²) in [6, 6.07) is 18.9. The van der Waals surface area contributed by atoms with Crippen LogP contribution in [0.2, 0.25) is 5.02 Å². The molecule has 8 nitrogen and oxygen atoms in total. The van der Waals surface area contributed by atoms with E-state index < -0.39 is 20.7 Å². The predicted octanol–water partition coefficient (Wildman–Crippen LogP) is 6.05. The van der Waals surface area contributed by atoms with Gasteiger partial charge >= 0.3 is 0 Å². The fourth-order valence-corrected chi connectivity index (χ4v) is 5.45. The average molecular weight is 540 g/mol. The van der Waals surface area contributed by atoms with E-state index in [0.717, 1.165) is 40.2 Å². The molecule has 12 heteroatoms. The van der Waals surface area contributed by atoms with Crippen LogP contribution in [0.3, 0.4) is 0 Å². The zero-order chi connectivity index (χ0) is 25.1. The van der Waals surface area contributed by atoms with Gasteiger partial charge < -0.3 is 4.74 Å². The van der Waals surface area contributed by atoms with Crippen LogP contribution >= 0.6 is 22.9 Å². The van der Waals surface area contributed by atoms with Crippen LogP contribution in [0.25, 0.3) is 22.3 Å². The number of ether oxygens (including phenoxy) is 1. The van der Waals surface area contributed by atoms with Crippen LogP contribution in [-0.2, 0) is 10.0 Å². The van der Waals surface area contributed by atoms with Crippen LogP contribution in [-0.4, -0.2) is 28.8 Å². The summed E-state index contributed by atoms with van der Waals surface area (Å²) < 4.78 is 48.4. The summed E-state index contributed by atoms with van der Waals surface area (Å²) >= 11 is 7.29. The zero-order valence-electron chi connectivity index (χ0n) is 18.2. The largest absolute Gasteiger partial charge is 0.455 e. The van der Waals surface area contributed by atoms with Gasteiger partial charge in [0.05, 0.1) is 17.4 Å². The van der Waals surface area contributed by atoms with Crippen molar-refractivity contribution in [1.82, 2.24) is 20.4 Å². The Bertz CT molecular complexity index is 1620. The highest BCUT2D eigenvalue weighted by atomic mass is 35.5. The summed E-state index contributed by atoms with van der Waals surface area (Å²) in [7, 11) is -4.29. The van der Waals surface area contributed by atoms with Gasteiger partial charge in [0.15, 0.2) is 0 Å². The Morgan fingerprint density at radius 3 is 2.44 bits per heavy atom. The van der Waals surface area contributed by atoms with Gasteiger partial charge in [-0.25, -0.2) is 12.8 Å². The molecule has 0 spiro atoms. The fraction of sp³-hybridized carbons (Fsp3) is 0. The standard InChI is InChI=1S/C24H15ClFN5O3S2/c25-19-11-23(36(32,33)31-24-30-29-14-35-24)20(26)12-22(19)34-21-7-6-16(15-4-2-1-3-5-15)10-18(21)17-8-9-27-28-13-17/h1-14H,(H,30,31). The van der Waals surface area contributed by atoms with Crippen LogP contribution in [0, 0.1) is 5.82 Å². The second kappa shape index (κ2) is 9.97. The minimum atomic E-state index is -4.29. The lowest BCUT2D eigenvalue weighted by molar-refractivity contribution is 0.475. The van der Waals surface area contributed by atoms with E-state index in [1.165, 1.54) is 5.51 Å². The SMILES string of the molecule is O=S(=O)(Nc1nncs1)c1cc(Cl)c(Oc2ccc(-c3ccccc3)cc2-c2ccnnc2)cc1F. The minimum Gasteiger partial charge on any atom is -0.455 e. The van der Waals surface area contributed by atoms with Gasteiger partial charge in [0.2, 0.25) is 5.13 Å². The maximum absolute atomic E-state index is 15.0. The van der Waals surface area contributed by atoms with Crippen molar-refractivity contribution in [2.75, 3.05) is 4.72 Å². The van der Waals surface area contributed by atoms with E-state index in [1.54, 1.807) is 24.5 Å². The smallest absolute Gasteiger partial charge is 0.266 e. The highest BCUT2D eigenvalue weighted by Gasteiger charge is 2.24. The van der Waals surface area contributed by atoms with Crippen LogP contribution < -0.4 is 9.46 Å². The molecule has 5 aromatic rings. The second-order valence-corrected chi connectivity index (χ2v) is 10.3. The maximum Gasteiger partial charge on any atom is 0.266 e. The Hall–Kier alpha value is -3.93. The Kier molecular flexibility index (Phi) is 6.59. The van der Waals surface area contributed by atoms with E-state index in [9.17, 15) is 12.8 Å². The molecule has 0 saturated carbocycles. The lowest BCUT2D eigenvalue weighted by Crippen LogP contribution is -2.14. The number of nitrogens with zero attached hydrogens (tertiary/aromatic N) is 4. The van der Waals surface area contributed by atoms with Crippen molar-refractivity contribution in [3.63, 3.8) is 0 Å². The van der Waals surface area contributed by atoms with Crippen LogP contribution in [0.1, 0.15) is 0 Å². The molecule has 0 aliphatic rings. The van der Waals surface area contributed by atoms with Gasteiger partial charge in [0.1, 0.15) is 27.7 Å². The molecule has 3 aromatic carbocycles. The molecule has 0 atom stereocenters. The highest BCUT2D eigenvalue weighted by Crippen LogP contribution is 2.39. The predicted molar refractivity (Wildman–Crippen MR) is 135 cm³/mol. The molecule has 1 N–H and O–H groups in total. The van der Waals surface area contributed by atoms with Gasteiger partial charge in [0.25, 0.3) is 10.0 Å². The molecule has 0 radical (unpaired) electrons. The van der Waals surface area contributed by atoms with E-state index in [0.29, 0.717) is 11.3 Å². The first-order chi connectivity index (χ1) is 17.4. The van der Waals surface area contributed by atoms with Crippen molar-refractivity contribution in [2.45, 2.75) is 4.90 Å². The van der Waals surface area contributed by atoms with Crippen molar-refractivity contribution in [3.05, 3.63) is 95.5 Å². The van der Waals surface area contributed by atoms with Crippen molar-refractivity contribution in [2.24, 2.45) is 0 Å². The molecule has 2 heterocycles.